The van der Waals surface area contributed by atoms with Gasteiger partial charge in [0, 0.05) is 16.0 Å². The van der Waals surface area contributed by atoms with Crippen molar-refractivity contribution in [2.75, 3.05) is 6.61 Å². The van der Waals surface area contributed by atoms with E-state index < -0.39 is 0 Å². The fourth-order valence-electron chi connectivity index (χ4n) is 1.58. The standard InChI is InChI=1S/C14H15NO2S2/c1-4-17-14(16)13-9(2)7-12(19-13)15-8-11-6-5-10(3)18-11/h5-8H,4H2,1-3H3. The molecule has 5 heteroatoms. The van der Waals surface area contributed by atoms with Crippen molar-refractivity contribution in [2.24, 2.45) is 4.99 Å². The Morgan fingerprint density at radius 2 is 2.16 bits per heavy atom. The molecule has 0 radical (unpaired) electrons. The minimum Gasteiger partial charge on any atom is -0.462 e. The first kappa shape index (κ1) is 14.0. The molecule has 0 spiro atoms. The lowest BCUT2D eigenvalue weighted by Crippen LogP contribution is -2.03. The second-order valence-corrected chi connectivity index (χ2v) is 6.37. The van der Waals surface area contributed by atoms with Gasteiger partial charge < -0.3 is 4.74 Å². The van der Waals surface area contributed by atoms with Gasteiger partial charge in [-0.15, -0.1) is 22.7 Å². The van der Waals surface area contributed by atoms with Crippen LogP contribution in [0.3, 0.4) is 0 Å². The highest BCUT2D eigenvalue weighted by molar-refractivity contribution is 7.18. The van der Waals surface area contributed by atoms with E-state index in [-0.39, 0.29) is 5.97 Å². The number of thiophene rings is 2. The highest BCUT2D eigenvalue weighted by Gasteiger charge is 2.14. The van der Waals surface area contributed by atoms with Gasteiger partial charge in [0.2, 0.25) is 0 Å². The molecule has 0 saturated carbocycles. The lowest BCUT2D eigenvalue weighted by Gasteiger charge is -1.98. The molecular formula is C14H15NO2S2. The summed E-state index contributed by atoms with van der Waals surface area (Å²) in [4.78, 5) is 19.1. The third-order valence-corrected chi connectivity index (χ3v) is 4.51. The van der Waals surface area contributed by atoms with E-state index in [0.29, 0.717) is 11.5 Å². The van der Waals surface area contributed by atoms with E-state index >= 15 is 0 Å². The summed E-state index contributed by atoms with van der Waals surface area (Å²) >= 11 is 3.06. The maximum atomic E-state index is 11.7. The highest BCUT2D eigenvalue weighted by atomic mass is 32.1. The average Bonchev–Trinajstić information content (AvgIpc) is 2.93. The van der Waals surface area contributed by atoms with Gasteiger partial charge in [0.05, 0.1) is 6.61 Å². The molecule has 2 heterocycles. The van der Waals surface area contributed by atoms with E-state index in [2.05, 4.69) is 18.0 Å². The van der Waals surface area contributed by atoms with Crippen molar-refractivity contribution >= 4 is 39.9 Å². The minimum absolute atomic E-state index is 0.265. The molecule has 0 amide bonds. The fourth-order valence-corrected chi connectivity index (χ4v) is 3.24. The number of carbonyl (C=O) groups excluding carboxylic acids is 1. The van der Waals surface area contributed by atoms with E-state index in [1.54, 1.807) is 18.3 Å². The number of ether oxygens (including phenoxy) is 1. The van der Waals surface area contributed by atoms with Crippen LogP contribution in [0.15, 0.2) is 23.2 Å². The van der Waals surface area contributed by atoms with E-state index in [1.807, 2.05) is 25.3 Å². The highest BCUT2D eigenvalue weighted by Crippen LogP contribution is 2.29. The van der Waals surface area contributed by atoms with Gasteiger partial charge in [-0.1, -0.05) is 0 Å². The third kappa shape index (κ3) is 3.52. The molecule has 0 fully saturated rings. The molecule has 0 atom stereocenters. The van der Waals surface area contributed by atoms with Crippen molar-refractivity contribution in [1.29, 1.82) is 0 Å². The van der Waals surface area contributed by atoms with Crippen molar-refractivity contribution in [1.82, 2.24) is 0 Å². The molecule has 0 saturated heterocycles. The molecule has 0 aliphatic heterocycles. The van der Waals surface area contributed by atoms with E-state index in [9.17, 15) is 4.79 Å². The van der Waals surface area contributed by atoms with Crippen LogP contribution in [0.2, 0.25) is 0 Å². The second-order valence-electron chi connectivity index (χ2n) is 4.02. The normalized spacial score (nSPS) is 11.1. The summed E-state index contributed by atoms with van der Waals surface area (Å²) in [6.45, 7) is 6.16. The van der Waals surface area contributed by atoms with Gasteiger partial charge in [0.15, 0.2) is 0 Å². The lowest BCUT2D eigenvalue weighted by atomic mass is 10.3. The Bertz CT molecular complexity index is 611. The first-order valence-corrected chi connectivity index (χ1v) is 7.61. The number of aliphatic imine (C=N–C) groups is 1. The molecule has 3 nitrogen and oxygen atoms in total. The summed E-state index contributed by atoms with van der Waals surface area (Å²) in [6, 6.07) is 6.01. The summed E-state index contributed by atoms with van der Waals surface area (Å²) < 4.78 is 5.01. The van der Waals surface area contributed by atoms with Crippen LogP contribution in [0.25, 0.3) is 0 Å². The average molecular weight is 293 g/mol. The van der Waals surface area contributed by atoms with Gasteiger partial charge >= 0.3 is 5.97 Å². The molecule has 2 aromatic heterocycles. The lowest BCUT2D eigenvalue weighted by molar-refractivity contribution is 0.0531. The number of esters is 1. The Morgan fingerprint density at radius 3 is 2.79 bits per heavy atom. The molecule has 2 aromatic rings. The van der Waals surface area contributed by atoms with Crippen LogP contribution in [0.5, 0.6) is 0 Å². The van der Waals surface area contributed by atoms with Gasteiger partial charge in [0.25, 0.3) is 0 Å². The zero-order chi connectivity index (χ0) is 13.8. The van der Waals surface area contributed by atoms with Crippen molar-refractivity contribution in [3.05, 3.63) is 38.4 Å². The molecule has 0 aliphatic rings. The molecule has 100 valence electrons. The first-order chi connectivity index (χ1) is 9.10. The van der Waals surface area contributed by atoms with Gasteiger partial charge in [-0.2, -0.15) is 0 Å². The Balaban J connectivity index is 2.16. The Morgan fingerprint density at radius 1 is 1.37 bits per heavy atom. The zero-order valence-electron chi connectivity index (χ0n) is 11.1. The van der Waals surface area contributed by atoms with Crippen LogP contribution in [-0.2, 0) is 4.74 Å². The summed E-state index contributed by atoms with van der Waals surface area (Å²) in [5.74, 6) is -0.265. The maximum absolute atomic E-state index is 11.7. The van der Waals surface area contributed by atoms with E-state index in [1.165, 1.54) is 16.2 Å². The van der Waals surface area contributed by atoms with Crippen LogP contribution in [0.1, 0.15) is 31.9 Å². The second kappa shape index (κ2) is 6.12. The molecular weight excluding hydrogens is 278 g/mol. The Kier molecular flexibility index (Phi) is 4.50. The number of aryl methyl sites for hydroxylation is 2. The van der Waals surface area contributed by atoms with Crippen molar-refractivity contribution in [3.63, 3.8) is 0 Å². The molecule has 0 unspecified atom stereocenters. The number of rotatable bonds is 4. The van der Waals surface area contributed by atoms with Crippen LogP contribution in [0.4, 0.5) is 5.00 Å². The smallest absolute Gasteiger partial charge is 0.348 e. The largest absolute Gasteiger partial charge is 0.462 e. The third-order valence-electron chi connectivity index (χ3n) is 2.45. The summed E-state index contributed by atoms with van der Waals surface area (Å²) in [5, 5.41) is 0.826. The summed E-state index contributed by atoms with van der Waals surface area (Å²) in [5.41, 5.74) is 0.915. The van der Waals surface area contributed by atoms with E-state index in [4.69, 9.17) is 4.74 Å². The van der Waals surface area contributed by atoms with E-state index in [0.717, 1.165) is 15.4 Å². The molecule has 0 bridgehead atoms. The van der Waals surface area contributed by atoms with Gasteiger partial charge in [-0.05, 0) is 44.5 Å². The van der Waals surface area contributed by atoms with Crippen molar-refractivity contribution in [2.45, 2.75) is 20.8 Å². The topological polar surface area (TPSA) is 38.7 Å². The molecule has 19 heavy (non-hydrogen) atoms. The summed E-state index contributed by atoms with van der Waals surface area (Å²) in [6.07, 6.45) is 1.83. The molecule has 0 aromatic carbocycles. The van der Waals surface area contributed by atoms with Gasteiger partial charge in [-0.3, -0.25) is 0 Å². The predicted molar refractivity (Wildman–Crippen MR) is 81.3 cm³/mol. The minimum atomic E-state index is -0.265. The van der Waals surface area contributed by atoms with Gasteiger partial charge in [-0.25, -0.2) is 9.79 Å². The van der Waals surface area contributed by atoms with Crippen LogP contribution >= 0.6 is 22.7 Å². The first-order valence-electron chi connectivity index (χ1n) is 5.98. The number of hydrogen-bond donors (Lipinski definition) is 0. The quantitative estimate of drug-likeness (QED) is 0.621. The van der Waals surface area contributed by atoms with Crippen LogP contribution in [0, 0.1) is 13.8 Å². The van der Waals surface area contributed by atoms with Crippen molar-refractivity contribution in [3.8, 4) is 0 Å². The monoisotopic (exact) mass is 293 g/mol. The number of carbonyl (C=O) groups is 1. The van der Waals surface area contributed by atoms with Crippen LogP contribution in [-0.4, -0.2) is 18.8 Å². The molecule has 2 rings (SSSR count). The number of hydrogen-bond acceptors (Lipinski definition) is 5. The Labute approximate surface area is 120 Å². The van der Waals surface area contributed by atoms with Gasteiger partial charge in [0.1, 0.15) is 9.88 Å². The molecule has 0 aliphatic carbocycles. The maximum Gasteiger partial charge on any atom is 0.348 e. The fraction of sp³-hybridized carbons (Fsp3) is 0.286. The van der Waals surface area contributed by atoms with Crippen LogP contribution < -0.4 is 0 Å². The van der Waals surface area contributed by atoms with Crippen molar-refractivity contribution < 1.29 is 9.53 Å². The molecule has 0 N–H and O–H groups in total. The predicted octanol–water partition coefficient (Wildman–Crippen LogP) is 4.35. The Hall–Kier alpha value is -1.46. The summed E-state index contributed by atoms with van der Waals surface area (Å²) in [7, 11) is 0. The SMILES string of the molecule is CCOC(=O)c1sc(N=Cc2ccc(C)s2)cc1C. The number of nitrogens with zero attached hydrogens (tertiary/aromatic N) is 1. The zero-order valence-corrected chi connectivity index (χ0v) is 12.7.